The minimum Gasteiger partial charge on any atom is -0.350 e. The normalized spacial score (nSPS) is 13.3. The van der Waals surface area contributed by atoms with Gasteiger partial charge >= 0.3 is 0 Å². The van der Waals surface area contributed by atoms with Gasteiger partial charge in [-0.15, -0.1) is 0 Å². The molecule has 1 heterocycles. The van der Waals surface area contributed by atoms with Crippen LogP contribution in [0, 0.1) is 37.5 Å². The number of nitrogens with one attached hydrogen (secondary N) is 1. The first kappa shape index (κ1) is 19.6. The number of hydrogen-bond donors (Lipinski definition) is 1. The summed E-state index contributed by atoms with van der Waals surface area (Å²) < 4.78 is 0. The third-order valence-corrected chi connectivity index (χ3v) is 3.96. The number of carbonyl (C=O) groups excluding carboxylic acids is 2. The minimum atomic E-state index is -0.0397. The number of benzene rings is 1. The van der Waals surface area contributed by atoms with Gasteiger partial charge in [0.2, 0.25) is 5.91 Å². The fourth-order valence-corrected chi connectivity index (χ4v) is 2.62. The minimum absolute atomic E-state index is 0. The van der Waals surface area contributed by atoms with Crippen LogP contribution in [0.25, 0.3) is 0 Å². The number of pyridine rings is 1. The van der Waals surface area contributed by atoms with Crippen molar-refractivity contribution in [2.45, 2.75) is 26.3 Å². The Hall–Kier alpha value is -1.70. The molecule has 1 radical (unpaired) electrons. The molecule has 4 nitrogen and oxygen atoms in total. The van der Waals surface area contributed by atoms with Crippen LogP contribution in [0.3, 0.4) is 0 Å². The van der Waals surface area contributed by atoms with E-state index in [0.29, 0.717) is 12.0 Å². The Morgan fingerprint density at radius 3 is 2.44 bits per heavy atom. The first-order valence-corrected chi connectivity index (χ1v) is 7.92. The Morgan fingerprint density at radius 2 is 1.84 bits per heavy atom. The Morgan fingerprint density at radius 1 is 1.16 bits per heavy atom. The van der Waals surface area contributed by atoms with Gasteiger partial charge in [-0.25, -0.2) is 0 Å². The van der Waals surface area contributed by atoms with Gasteiger partial charge in [0.15, 0.2) is 5.78 Å². The standard InChI is InChI=1S/C20H19N2O2.U.H2/c1-13(22-14(2)23)17-5-3-15(4-6-17)9-16-10-19(12-21-11-16)20(24)18-7-8-18;;/h3-8,10-13H,9H2,1-2H3,(H,22,23);;1H/t13-;;/m0../s1. The van der Waals surface area contributed by atoms with Crippen molar-refractivity contribution in [3.63, 3.8) is 0 Å². The van der Waals surface area contributed by atoms with Crippen molar-refractivity contribution >= 4 is 11.7 Å². The van der Waals surface area contributed by atoms with Gasteiger partial charge in [0.25, 0.3) is 0 Å². The number of rotatable bonds is 6. The molecule has 0 saturated carbocycles. The summed E-state index contributed by atoms with van der Waals surface area (Å²) in [4.78, 5) is 27.3. The number of aromatic nitrogens is 1. The fraction of sp³-hybridized carbons (Fsp3) is 0.200. The molecule has 1 aliphatic carbocycles. The van der Waals surface area contributed by atoms with Gasteiger partial charge in [-0.05, 0) is 36.1 Å². The zero-order chi connectivity index (χ0) is 17.1. The topological polar surface area (TPSA) is 59.1 Å². The van der Waals surface area contributed by atoms with E-state index >= 15 is 0 Å². The average molecular weight is 559 g/mol. The van der Waals surface area contributed by atoms with E-state index in [4.69, 9.17) is 0 Å². The summed E-state index contributed by atoms with van der Waals surface area (Å²) in [6.45, 7) is 3.47. The number of amides is 1. The van der Waals surface area contributed by atoms with Gasteiger partial charge < -0.3 is 5.32 Å². The van der Waals surface area contributed by atoms with Crippen LogP contribution in [-0.2, 0) is 11.2 Å². The molecule has 0 aliphatic heterocycles. The van der Waals surface area contributed by atoms with Crippen molar-refractivity contribution in [3.05, 3.63) is 83.0 Å². The quantitative estimate of drug-likeness (QED) is 0.552. The van der Waals surface area contributed by atoms with Crippen LogP contribution >= 0.6 is 0 Å². The van der Waals surface area contributed by atoms with Crippen molar-refractivity contribution in [1.29, 1.82) is 0 Å². The zero-order valence-electron chi connectivity index (χ0n) is 14.2. The van der Waals surface area contributed by atoms with Crippen molar-refractivity contribution in [3.8, 4) is 0 Å². The maximum Gasteiger partial charge on any atom is 0.217 e. The smallest absolute Gasteiger partial charge is 0.217 e. The third kappa shape index (κ3) is 5.39. The Kier molecular flexibility index (Phi) is 6.75. The van der Waals surface area contributed by atoms with Crippen molar-refractivity contribution in [2.75, 3.05) is 0 Å². The number of hydrogen-bond acceptors (Lipinski definition) is 3. The average Bonchev–Trinajstić information content (AvgIpc) is 3.39. The van der Waals surface area contributed by atoms with Crippen molar-refractivity contribution in [1.82, 2.24) is 10.3 Å². The molecule has 1 aliphatic rings. The molecule has 3 rings (SSSR count). The van der Waals surface area contributed by atoms with Crippen molar-refractivity contribution in [2.24, 2.45) is 0 Å². The van der Waals surface area contributed by atoms with Gasteiger partial charge in [-0.2, -0.15) is 0 Å². The van der Waals surface area contributed by atoms with E-state index in [2.05, 4.69) is 10.3 Å². The van der Waals surface area contributed by atoms with E-state index in [9.17, 15) is 9.59 Å². The van der Waals surface area contributed by atoms with Crippen LogP contribution < -0.4 is 5.32 Å². The molecule has 0 bridgehead atoms. The van der Waals surface area contributed by atoms with E-state index < -0.39 is 0 Å². The second-order valence-electron chi connectivity index (χ2n) is 6.04. The number of nitrogens with zero attached hydrogens (tertiary/aromatic N) is 1. The second kappa shape index (κ2) is 8.60. The van der Waals surface area contributed by atoms with Gasteiger partial charge in [-0.3, -0.25) is 14.6 Å². The van der Waals surface area contributed by atoms with E-state index in [0.717, 1.165) is 22.3 Å². The van der Waals surface area contributed by atoms with Gasteiger partial charge in [0, 0.05) is 69.4 Å². The monoisotopic (exact) mass is 559 g/mol. The largest absolute Gasteiger partial charge is 0.350 e. The molecule has 1 aromatic heterocycles. The van der Waals surface area contributed by atoms with Gasteiger partial charge in [0.1, 0.15) is 0 Å². The molecule has 0 fully saturated rings. The Labute approximate surface area is 173 Å². The van der Waals surface area contributed by atoms with Gasteiger partial charge in [0.05, 0.1) is 6.04 Å². The molecular weight excluding hydrogens is 538 g/mol. The van der Waals surface area contributed by atoms with E-state index in [1.807, 2.05) is 49.8 Å². The summed E-state index contributed by atoms with van der Waals surface area (Å²) >= 11 is 0. The molecule has 0 unspecified atom stereocenters. The molecule has 0 saturated heterocycles. The molecule has 0 spiro atoms. The number of ketones is 1. The molecule has 1 N–H and O–H groups in total. The SMILES string of the molecule is CC(=O)N[C@@H](C)c1ccc(Cc2cncc(C(=O)C3=C[CH]3)c2)cc1.[HH].[U]. The van der Waals surface area contributed by atoms with E-state index in [1.54, 1.807) is 12.4 Å². The predicted octanol–water partition coefficient (Wildman–Crippen LogP) is 3.44. The molecule has 2 aromatic rings. The van der Waals surface area contributed by atoms with Crippen LogP contribution in [0.15, 0.2) is 54.4 Å². The van der Waals surface area contributed by atoms with Crippen LogP contribution in [0.4, 0.5) is 0 Å². The van der Waals surface area contributed by atoms with E-state index in [1.165, 1.54) is 6.92 Å². The maximum absolute atomic E-state index is 12.0. The number of carbonyl (C=O) groups is 2. The van der Waals surface area contributed by atoms with E-state index in [-0.39, 0.29) is 50.3 Å². The predicted molar refractivity (Wildman–Crippen MR) is 94.5 cm³/mol. The second-order valence-corrected chi connectivity index (χ2v) is 6.04. The summed E-state index contributed by atoms with van der Waals surface area (Å²) in [5, 5.41) is 2.87. The maximum atomic E-state index is 12.0. The molecule has 25 heavy (non-hydrogen) atoms. The Bertz CT molecular complexity index is 819. The van der Waals surface area contributed by atoms with Crippen LogP contribution in [0.1, 0.15) is 48.4 Å². The summed E-state index contributed by atoms with van der Waals surface area (Å²) in [6, 6.07) is 10.0. The molecule has 5 heteroatoms. The molecule has 127 valence electrons. The van der Waals surface area contributed by atoms with Crippen LogP contribution in [0.2, 0.25) is 0 Å². The third-order valence-electron chi connectivity index (χ3n) is 3.96. The summed E-state index contributed by atoms with van der Waals surface area (Å²) in [6.07, 6.45) is 7.73. The number of allylic oxidation sites excluding steroid dienone is 2. The van der Waals surface area contributed by atoms with Crippen LogP contribution in [-0.4, -0.2) is 16.7 Å². The first-order valence-electron chi connectivity index (χ1n) is 7.92. The fourth-order valence-electron chi connectivity index (χ4n) is 2.62. The zero-order valence-corrected chi connectivity index (χ0v) is 18.4. The van der Waals surface area contributed by atoms with Crippen molar-refractivity contribution < 1.29 is 42.1 Å². The molecule has 1 amide bonds. The molecule has 1 atom stereocenters. The number of Topliss-reactive ketones (excluding diaryl/α,β-unsaturated/α-hetero) is 1. The summed E-state index contributed by atoms with van der Waals surface area (Å²) in [5.41, 5.74) is 4.59. The molecule has 1 aromatic carbocycles. The Balaban J connectivity index is 0.00000169. The van der Waals surface area contributed by atoms with Crippen LogP contribution in [0.5, 0.6) is 0 Å². The molecular formula is C20H21N2O2U. The first-order chi connectivity index (χ1) is 11.5. The van der Waals surface area contributed by atoms with Gasteiger partial charge in [-0.1, -0.05) is 30.3 Å². The summed E-state index contributed by atoms with van der Waals surface area (Å²) in [7, 11) is 0. The summed E-state index contributed by atoms with van der Waals surface area (Å²) in [5.74, 6) is -0.00835.